The molecule has 0 spiro atoms. The zero-order valence-corrected chi connectivity index (χ0v) is 25.9. The van der Waals surface area contributed by atoms with Gasteiger partial charge in [-0.05, 0) is 45.5 Å². The van der Waals surface area contributed by atoms with Crippen molar-refractivity contribution < 1.29 is 19.8 Å². The number of fused-ring (bicyclic) bond motifs is 2. The van der Waals surface area contributed by atoms with Gasteiger partial charge < -0.3 is 20.8 Å². The molecule has 0 radical (unpaired) electrons. The summed E-state index contributed by atoms with van der Waals surface area (Å²) in [5.41, 5.74) is 8.11. The summed E-state index contributed by atoms with van der Waals surface area (Å²) >= 11 is 0. The van der Waals surface area contributed by atoms with Gasteiger partial charge in [0, 0.05) is 55.9 Å². The Morgan fingerprint density at radius 1 is 0.457 bits per heavy atom. The lowest BCUT2D eigenvalue weighted by Gasteiger charge is -2.35. The van der Waals surface area contributed by atoms with Gasteiger partial charge in [-0.3, -0.25) is 9.59 Å². The number of nitrogens with one attached hydrogen (secondary N) is 2. The van der Waals surface area contributed by atoms with Crippen LogP contribution in [0.1, 0.15) is 49.9 Å². The third-order valence-electron chi connectivity index (χ3n) is 9.97. The van der Waals surface area contributed by atoms with Crippen LogP contribution in [0.5, 0.6) is 0 Å². The van der Waals surface area contributed by atoms with Gasteiger partial charge in [0.15, 0.2) is 11.6 Å². The first-order chi connectivity index (χ1) is 22.0. The van der Waals surface area contributed by atoms with Crippen LogP contribution in [0.3, 0.4) is 0 Å². The van der Waals surface area contributed by atoms with E-state index in [0.29, 0.717) is 22.5 Å². The van der Waals surface area contributed by atoms with Crippen molar-refractivity contribution >= 4 is 34.1 Å². The second-order valence-electron chi connectivity index (χ2n) is 13.3. The summed E-state index contributed by atoms with van der Waals surface area (Å²) in [7, 11) is 0. The number of allylic oxidation sites excluding steroid dienone is 6. The Kier molecular flexibility index (Phi) is 5.73. The van der Waals surface area contributed by atoms with E-state index >= 15 is 0 Å². The summed E-state index contributed by atoms with van der Waals surface area (Å²) in [5, 5.41) is 33.3. The maximum absolute atomic E-state index is 13.3. The fourth-order valence-electron chi connectivity index (χ4n) is 7.30. The molecule has 226 valence electrons. The number of hydrogen-bond acceptors (Lipinski definition) is 6. The van der Waals surface area contributed by atoms with Crippen molar-refractivity contribution in [2.75, 3.05) is 10.6 Å². The van der Waals surface area contributed by atoms with E-state index in [0.717, 1.165) is 33.6 Å². The highest BCUT2D eigenvalue weighted by atomic mass is 16.3. The molecule has 2 N–H and O–H groups in total. The highest BCUT2D eigenvalue weighted by molar-refractivity contribution is 6.40. The van der Waals surface area contributed by atoms with Crippen molar-refractivity contribution in [2.45, 2.75) is 38.5 Å². The van der Waals surface area contributed by atoms with E-state index in [1.165, 1.54) is 0 Å². The van der Waals surface area contributed by atoms with Crippen LogP contribution in [-0.2, 0) is 20.4 Å². The van der Waals surface area contributed by atoms with Crippen LogP contribution in [0.4, 0.5) is 11.4 Å². The molecule has 0 amide bonds. The first kappa shape index (κ1) is 27.9. The SMILES string of the molecule is CC1(C)C(=C2C(=O)C(c3ccc(-c4ccc(C5=C([O-])C(=C6Nc7ccccc7C6(C)C)C5=O)cc4)cc3)=C2[O-])Nc2ccccc21. The second-order valence-corrected chi connectivity index (χ2v) is 13.3. The van der Waals surface area contributed by atoms with E-state index in [1.54, 1.807) is 24.3 Å². The molecule has 0 bridgehead atoms. The van der Waals surface area contributed by atoms with Crippen LogP contribution in [0.25, 0.3) is 22.3 Å². The zero-order chi connectivity index (χ0) is 32.1. The summed E-state index contributed by atoms with van der Waals surface area (Å²) < 4.78 is 0. The Bertz CT molecular complexity index is 2020. The van der Waals surface area contributed by atoms with Gasteiger partial charge in [0.1, 0.15) is 0 Å². The third-order valence-corrected chi connectivity index (χ3v) is 9.97. The van der Waals surface area contributed by atoms with Gasteiger partial charge in [-0.2, -0.15) is 0 Å². The minimum Gasteiger partial charge on any atom is -0.871 e. The van der Waals surface area contributed by atoms with Crippen molar-refractivity contribution in [2.24, 2.45) is 0 Å². The van der Waals surface area contributed by atoms with Crippen LogP contribution in [-0.4, -0.2) is 11.6 Å². The highest BCUT2D eigenvalue weighted by Gasteiger charge is 2.43. The standard InChI is InChI=1S/C40H32N2O4/c1-39(2)25-9-5-7-11-27(25)41-37(39)31-33(43)29(34(31)44)23-17-13-21(14-18-23)22-15-19-24(20-16-22)30-35(45)32(36(30)46)38-40(3,4)26-10-6-8-12-28(26)42-38/h5-20,41-43,45H,1-4H3/p-2. The average molecular weight is 603 g/mol. The number of anilines is 2. The van der Waals surface area contributed by atoms with Crippen LogP contribution in [0.2, 0.25) is 0 Å². The molecule has 2 aliphatic heterocycles. The van der Waals surface area contributed by atoms with E-state index in [2.05, 4.69) is 10.6 Å². The van der Waals surface area contributed by atoms with Crippen molar-refractivity contribution in [3.05, 3.63) is 153 Å². The number of carbonyl (C=O) groups is 2. The summed E-state index contributed by atoms with van der Waals surface area (Å²) in [5.74, 6) is -0.975. The average Bonchev–Trinajstić information content (AvgIpc) is 3.46. The molecule has 0 aromatic heterocycles. The lowest BCUT2D eigenvalue weighted by molar-refractivity contribution is -0.298. The maximum Gasteiger partial charge on any atom is 0.194 e. The summed E-state index contributed by atoms with van der Waals surface area (Å²) in [6.07, 6.45) is 0. The summed E-state index contributed by atoms with van der Waals surface area (Å²) in [4.78, 5) is 26.6. The van der Waals surface area contributed by atoms with Crippen LogP contribution >= 0.6 is 0 Å². The summed E-state index contributed by atoms with van der Waals surface area (Å²) in [6, 6.07) is 30.4. The molecule has 8 rings (SSSR count). The number of para-hydroxylation sites is 2. The molecule has 4 aliphatic rings. The van der Waals surface area contributed by atoms with Crippen molar-refractivity contribution in [1.29, 1.82) is 0 Å². The van der Waals surface area contributed by atoms with Gasteiger partial charge in [0.25, 0.3) is 0 Å². The lowest BCUT2D eigenvalue weighted by atomic mass is 9.75. The molecule has 4 aromatic carbocycles. The molecule has 6 nitrogen and oxygen atoms in total. The first-order valence-electron chi connectivity index (χ1n) is 15.4. The number of carbonyl (C=O) groups excluding carboxylic acids is 2. The van der Waals surface area contributed by atoms with Gasteiger partial charge in [-0.25, -0.2) is 0 Å². The third kappa shape index (κ3) is 3.70. The van der Waals surface area contributed by atoms with Gasteiger partial charge in [-0.1, -0.05) is 124 Å². The number of rotatable bonds is 3. The molecule has 0 atom stereocenters. The minimum atomic E-state index is -0.472. The number of ketones is 2. The fourth-order valence-corrected chi connectivity index (χ4v) is 7.30. The predicted octanol–water partition coefficient (Wildman–Crippen LogP) is 5.98. The number of hydrogen-bond donors (Lipinski definition) is 2. The largest absolute Gasteiger partial charge is 0.871 e. The molecule has 4 aromatic rings. The number of Topliss-reactive ketones (excluding diaryl/α,β-unsaturated/α-hetero) is 2. The fraction of sp³-hybridized carbons (Fsp3) is 0.150. The van der Waals surface area contributed by atoms with E-state index in [9.17, 15) is 19.8 Å². The molecule has 0 saturated carbocycles. The van der Waals surface area contributed by atoms with Crippen molar-refractivity contribution in [3.8, 4) is 11.1 Å². The van der Waals surface area contributed by atoms with E-state index in [4.69, 9.17) is 0 Å². The Labute approximate surface area is 267 Å². The molecular formula is C40H30N2O4-2. The Morgan fingerprint density at radius 3 is 1.11 bits per heavy atom. The molecule has 0 unspecified atom stereocenters. The summed E-state index contributed by atoms with van der Waals surface area (Å²) in [6.45, 7) is 8.08. The molecule has 0 fully saturated rings. The van der Waals surface area contributed by atoms with Gasteiger partial charge in [0.2, 0.25) is 0 Å². The van der Waals surface area contributed by atoms with Crippen LogP contribution in [0, 0.1) is 0 Å². The van der Waals surface area contributed by atoms with Gasteiger partial charge in [-0.15, -0.1) is 0 Å². The minimum absolute atomic E-state index is 0.198. The zero-order valence-electron chi connectivity index (χ0n) is 25.9. The monoisotopic (exact) mass is 602 g/mol. The first-order valence-corrected chi connectivity index (χ1v) is 15.4. The molecule has 6 heteroatoms. The Balaban J connectivity index is 1.04. The Morgan fingerprint density at radius 2 is 0.783 bits per heavy atom. The smallest absolute Gasteiger partial charge is 0.194 e. The quantitative estimate of drug-likeness (QED) is 0.280. The molecule has 46 heavy (non-hydrogen) atoms. The van der Waals surface area contributed by atoms with E-state index in [-0.39, 0.29) is 45.4 Å². The lowest BCUT2D eigenvalue weighted by Crippen LogP contribution is -2.34. The van der Waals surface area contributed by atoms with E-state index in [1.807, 2.05) is 100 Å². The Hall–Kier alpha value is -5.62. The molecule has 2 aliphatic carbocycles. The topological polar surface area (TPSA) is 104 Å². The van der Waals surface area contributed by atoms with Crippen molar-refractivity contribution in [1.82, 2.24) is 0 Å². The predicted molar refractivity (Wildman–Crippen MR) is 176 cm³/mol. The highest BCUT2D eigenvalue weighted by Crippen LogP contribution is 2.50. The normalized spacial score (nSPS) is 22.2. The van der Waals surface area contributed by atoms with E-state index < -0.39 is 10.8 Å². The maximum atomic E-state index is 13.3. The van der Waals surface area contributed by atoms with Crippen molar-refractivity contribution in [3.63, 3.8) is 0 Å². The molecule has 2 heterocycles. The van der Waals surface area contributed by atoms with Crippen LogP contribution < -0.4 is 20.8 Å². The second kappa shape index (κ2) is 9.44. The van der Waals surface area contributed by atoms with Gasteiger partial charge in [0.05, 0.1) is 0 Å². The number of benzene rings is 4. The van der Waals surface area contributed by atoms with Crippen LogP contribution in [0.15, 0.2) is 131 Å². The molecule has 0 saturated heterocycles. The van der Waals surface area contributed by atoms with Gasteiger partial charge >= 0.3 is 0 Å². The molecular weight excluding hydrogens is 572 g/mol.